The van der Waals surface area contributed by atoms with Crippen molar-refractivity contribution in [3.63, 3.8) is 0 Å². The number of non-ortho nitro benzene ring substituents is 1. The molecule has 0 unspecified atom stereocenters. The lowest BCUT2D eigenvalue weighted by Gasteiger charge is -2.04. The second kappa shape index (κ2) is 2.99. The van der Waals surface area contributed by atoms with Gasteiger partial charge in [0.2, 0.25) is 6.41 Å². The molecule has 14 heavy (non-hydrogen) atoms. The quantitative estimate of drug-likeness (QED) is 0.398. The molecule has 0 spiro atoms. The zero-order valence-corrected chi connectivity index (χ0v) is 7.04. The Hall–Kier alpha value is -2.11. The first-order chi connectivity index (χ1) is 6.72. The first-order valence-electron chi connectivity index (χ1n) is 3.85. The number of nitro groups is 1. The molecule has 0 aliphatic carbocycles. The summed E-state index contributed by atoms with van der Waals surface area (Å²) in [5, 5.41) is 10.5. The van der Waals surface area contributed by atoms with Crippen LogP contribution in [0.5, 0.6) is 5.75 Å². The third-order valence-corrected chi connectivity index (χ3v) is 1.95. The van der Waals surface area contributed by atoms with E-state index >= 15 is 0 Å². The average Bonchev–Trinajstić information content (AvgIpc) is 2.59. The van der Waals surface area contributed by atoms with Gasteiger partial charge in [0.1, 0.15) is 5.75 Å². The molecule has 6 heteroatoms. The van der Waals surface area contributed by atoms with E-state index in [1.54, 1.807) is 0 Å². The molecule has 0 N–H and O–H groups in total. The summed E-state index contributed by atoms with van der Waals surface area (Å²) in [5.74, 6) is 0.489. The number of carbonyl (C=O) groups excluding carboxylic acids is 1. The molecule has 0 saturated carbocycles. The fourth-order valence-corrected chi connectivity index (χ4v) is 1.26. The van der Waals surface area contributed by atoms with Gasteiger partial charge in [0.15, 0.2) is 6.73 Å². The highest BCUT2D eigenvalue weighted by Gasteiger charge is 2.22. The van der Waals surface area contributed by atoms with Crippen molar-refractivity contribution in [2.75, 3.05) is 11.6 Å². The van der Waals surface area contributed by atoms with Crippen molar-refractivity contribution < 1.29 is 14.5 Å². The maximum Gasteiger partial charge on any atom is 0.271 e. The van der Waals surface area contributed by atoms with Crippen LogP contribution in [0.1, 0.15) is 0 Å². The Balaban J connectivity index is 2.47. The Morgan fingerprint density at radius 1 is 1.57 bits per heavy atom. The number of benzene rings is 1. The van der Waals surface area contributed by atoms with Crippen LogP contribution < -0.4 is 9.64 Å². The molecule has 1 aromatic carbocycles. The molecule has 0 bridgehead atoms. The van der Waals surface area contributed by atoms with Crippen LogP contribution in [-0.4, -0.2) is 18.1 Å². The number of hydrogen-bond acceptors (Lipinski definition) is 4. The summed E-state index contributed by atoms with van der Waals surface area (Å²) in [4.78, 5) is 21.7. The van der Waals surface area contributed by atoms with Gasteiger partial charge in [-0.1, -0.05) is 0 Å². The van der Waals surface area contributed by atoms with Crippen molar-refractivity contribution in [3.8, 4) is 5.75 Å². The maximum atomic E-state index is 10.5. The van der Waals surface area contributed by atoms with Crippen LogP contribution in [0, 0.1) is 10.1 Å². The zero-order valence-electron chi connectivity index (χ0n) is 7.04. The molecule has 0 aromatic heterocycles. The predicted molar refractivity (Wildman–Crippen MR) is 47.1 cm³/mol. The van der Waals surface area contributed by atoms with Crippen molar-refractivity contribution in [2.45, 2.75) is 0 Å². The minimum absolute atomic E-state index is 0.0545. The number of fused-ring (bicyclic) bond motifs is 1. The van der Waals surface area contributed by atoms with Crippen molar-refractivity contribution in [1.82, 2.24) is 0 Å². The van der Waals surface area contributed by atoms with Gasteiger partial charge >= 0.3 is 0 Å². The summed E-state index contributed by atoms with van der Waals surface area (Å²) in [6.45, 7) is 0.111. The molecule has 0 atom stereocenters. The molecule has 1 heterocycles. The van der Waals surface area contributed by atoms with Gasteiger partial charge in [-0.2, -0.15) is 0 Å². The fraction of sp³-hybridized carbons (Fsp3) is 0.125. The topological polar surface area (TPSA) is 72.7 Å². The first-order valence-corrected chi connectivity index (χ1v) is 3.85. The number of hydrogen-bond donors (Lipinski definition) is 0. The van der Waals surface area contributed by atoms with Crippen LogP contribution in [0.4, 0.5) is 11.4 Å². The van der Waals surface area contributed by atoms with Gasteiger partial charge in [0, 0.05) is 12.1 Å². The number of rotatable bonds is 2. The van der Waals surface area contributed by atoms with E-state index in [0.29, 0.717) is 17.8 Å². The third-order valence-electron chi connectivity index (χ3n) is 1.95. The van der Waals surface area contributed by atoms with E-state index in [1.807, 2.05) is 0 Å². The molecule has 0 fully saturated rings. The lowest BCUT2D eigenvalue weighted by Crippen LogP contribution is -2.19. The smallest absolute Gasteiger partial charge is 0.271 e. The number of nitro benzene ring substituents is 1. The molecule has 72 valence electrons. The van der Waals surface area contributed by atoms with E-state index in [0.717, 1.165) is 0 Å². The summed E-state index contributed by atoms with van der Waals surface area (Å²) in [6.07, 6.45) is 0.579. The van der Waals surface area contributed by atoms with E-state index in [9.17, 15) is 14.9 Å². The fourth-order valence-electron chi connectivity index (χ4n) is 1.26. The number of nitrogens with zero attached hydrogens (tertiary/aromatic N) is 2. The van der Waals surface area contributed by atoms with Crippen LogP contribution >= 0.6 is 0 Å². The lowest BCUT2D eigenvalue weighted by atomic mass is 10.2. The average molecular weight is 194 g/mol. The van der Waals surface area contributed by atoms with E-state index in [2.05, 4.69) is 0 Å². The number of ether oxygens (including phenoxy) is 1. The summed E-state index contributed by atoms with van der Waals surface area (Å²) < 4.78 is 5.11. The monoisotopic (exact) mass is 194 g/mol. The van der Waals surface area contributed by atoms with E-state index in [1.165, 1.54) is 23.1 Å². The zero-order chi connectivity index (χ0) is 10.1. The van der Waals surface area contributed by atoms with Crippen molar-refractivity contribution in [1.29, 1.82) is 0 Å². The number of carbonyl (C=O) groups is 1. The minimum atomic E-state index is -0.512. The van der Waals surface area contributed by atoms with Gasteiger partial charge in [0.05, 0.1) is 10.6 Å². The summed E-state index contributed by atoms with van der Waals surface area (Å²) >= 11 is 0. The molecule has 6 nitrogen and oxygen atoms in total. The van der Waals surface area contributed by atoms with E-state index in [-0.39, 0.29) is 12.4 Å². The lowest BCUT2D eigenvalue weighted by molar-refractivity contribution is -0.384. The van der Waals surface area contributed by atoms with Crippen molar-refractivity contribution in [3.05, 3.63) is 28.3 Å². The van der Waals surface area contributed by atoms with Crippen LogP contribution in [0.15, 0.2) is 18.2 Å². The Bertz CT molecular complexity index is 404. The maximum absolute atomic E-state index is 10.5. The second-order valence-corrected chi connectivity index (χ2v) is 2.76. The highest BCUT2D eigenvalue weighted by Crippen LogP contribution is 2.35. The van der Waals surface area contributed by atoms with Crippen LogP contribution in [0.2, 0.25) is 0 Å². The molecule has 1 aliphatic rings. The number of amides is 1. The van der Waals surface area contributed by atoms with Crippen LogP contribution in [-0.2, 0) is 4.79 Å². The predicted octanol–water partition coefficient (Wildman–Crippen LogP) is 0.907. The van der Waals surface area contributed by atoms with Crippen molar-refractivity contribution in [2.24, 2.45) is 0 Å². The van der Waals surface area contributed by atoms with Crippen LogP contribution in [0.25, 0.3) is 0 Å². The minimum Gasteiger partial charge on any atom is -0.470 e. The Kier molecular flexibility index (Phi) is 1.81. The Morgan fingerprint density at radius 2 is 2.36 bits per heavy atom. The van der Waals surface area contributed by atoms with E-state index in [4.69, 9.17) is 4.74 Å². The highest BCUT2D eigenvalue weighted by atomic mass is 16.6. The van der Waals surface area contributed by atoms with Gasteiger partial charge in [-0.15, -0.1) is 0 Å². The van der Waals surface area contributed by atoms with E-state index < -0.39 is 4.92 Å². The summed E-state index contributed by atoms with van der Waals surface area (Å²) in [6, 6.07) is 4.14. The molecular formula is C8H6N2O4. The Labute approximate surface area is 78.8 Å². The number of anilines is 1. The van der Waals surface area contributed by atoms with Gasteiger partial charge in [-0.25, -0.2) is 0 Å². The largest absolute Gasteiger partial charge is 0.470 e. The molecule has 1 amide bonds. The third kappa shape index (κ3) is 1.17. The molecular weight excluding hydrogens is 188 g/mol. The van der Waals surface area contributed by atoms with Gasteiger partial charge in [-0.3, -0.25) is 19.8 Å². The van der Waals surface area contributed by atoms with Gasteiger partial charge in [-0.05, 0) is 6.07 Å². The normalized spacial score (nSPS) is 13.3. The molecule has 0 saturated heterocycles. The molecule has 0 radical (unpaired) electrons. The van der Waals surface area contributed by atoms with Gasteiger partial charge in [0.25, 0.3) is 5.69 Å². The Morgan fingerprint density at radius 3 is 3.00 bits per heavy atom. The molecule has 1 aliphatic heterocycles. The van der Waals surface area contributed by atoms with Gasteiger partial charge < -0.3 is 4.74 Å². The molecule has 2 rings (SSSR count). The molecule has 1 aromatic rings. The van der Waals surface area contributed by atoms with Crippen LogP contribution in [0.3, 0.4) is 0 Å². The standard InChI is InChI=1S/C8H6N2O4/c11-4-9-5-14-8-2-1-6(10(12)13)3-7(8)9/h1-4H,5H2. The second-order valence-electron chi connectivity index (χ2n) is 2.76. The van der Waals surface area contributed by atoms with Crippen molar-refractivity contribution >= 4 is 17.8 Å². The summed E-state index contributed by atoms with van der Waals surface area (Å²) in [7, 11) is 0. The highest BCUT2D eigenvalue weighted by molar-refractivity contribution is 5.81. The SMILES string of the molecule is O=CN1COc2ccc([N+](=O)[O-])cc21. The first kappa shape index (κ1) is 8.49. The summed E-state index contributed by atoms with van der Waals surface area (Å²) in [5.41, 5.74) is 0.385.